The van der Waals surface area contributed by atoms with Crippen molar-refractivity contribution in [2.45, 2.75) is 58.0 Å². The second kappa shape index (κ2) is 8.46. The molecule has 0 saturated heterocycles. The molecule has 0 atom stereocenters. The van der Waals surface area contributed by atoms with Crippen molar-refractivity contribution in [3.63, 3.8) is 0 Å². The van der Waals surface area contributed by atoms with Gasteiger partial charge in [0.05, 0.1) is 0 Å². The highest BCUT2D eigenvalue weighted by Gasteiger charge is 2.18. The molecule has 1 amide bonds. The smallest absolute Gasteiger partial charge is 0.270 e. The molecule has 7 heteroatoms. The van der Waals surface area contributed by atoms with Crippen LogP contribution in [0.3, 0.4) is 0 Å². The molecule has 0 bridgehead atoms. The Morgan fingerprint density at radius 3 is 2.68 bits per heavy atom. The van der Waals surface area contributed by atoms with Gasteiger partial charge in [0.15, 0.2) is 11.5 Å². The van der Waals surface area contributed by atoms with Gasteiger partial charge in [-0.1, -0.05) is 31.7 Å². The Labute approximate surface area is 164 Å². The van der Waals surface area contributed by atoms with E-state index in [4.69, 9.17) is 9.47 Å². The number of amides is 1. The molecule has 4 rings (SSSR count). The summed E-state index contributed by atoms with van der Waals surface area (Å²) in [5.41, 5.74) is 1.45. The number of carbonyl (C=O) groups excluding carboxylic acids is 1. The van der Waals surface area contributed by atoms with Crippen molar-refractivity contribution in [3.05, 3.63) is 41.3 Å². The van der Waals surface area contributed by atoms with Gasteiger partial charge >= 0.3 is 0 Å². The summed E-state index contributed by atoms with van der Waals surface area (Å²) in [5, 5.41) is 6.42. The molecule has 2 heterocycles. The third-order valence-corrected chi connectivity index (χ3v) is 5.17. The summed E-state index contributed by atoms with van der Waals surface area (Å²) in [7, 11) is 0. The third kappa shape index (κ3) is 4.52. The summed E-state index contributed by atoms with van der Waals surface area (Å²) in [4.78, 5) is 21.4. The number of benzene rings is 1. The average molecular weight is 382 g/mol. The van der Waals surface area contributed by atoms with Crippen LogP contribution >= 0.6 is 0 Å². The first-order chi connectivity index (χ1) is 13.7. The lowest BCUT2D eigenvalue weighted by molar-refractivity contribution is 0.0928. The lowest BCUT2D eigenvalue weighted by atomic mass is 10.1. The van der Waals surface area contributed by atoms with E-state index in [9.17, 15) is 4.79 Å². The number of hydrogen-bond acceptors (Lipinski definition) is 6. The molecule has 1 aromatic heterocycles. The maximum atomic E-state index is 12.7. The van der Waals surface area contributed by atoms with Crippen molar-refractivity contribution in [2.75, 3.05) is 12.1 Å². The zero-order chi connectivity index (χ0) is 19.3. The second-order valence-corrected chi connectivity index (χ2v) is 7.39. The molecule has 0 spiro atoms. The van der Waals surface area contributed by atoms with Crippen LogP contribution in [0, 0.1) is 6.92 Å². The fraction of sp³-hybridized carbons (Fsp3) is 0.476. The number of aromatic nitrogens is 2. The number of rotatable bonds is 5. The van der Waals surface area contributed by atoms with E-state index in [1.807, 2.05) is 18.2 Å². The van der Waals surface area contributed by atoms with E-state index in [0.717, 1.165) is 29.9 Å². The molecule has 148 valence electrons. The van der Waals surface area contributed by atoms with Gasteiger partial charge in [0, 0.05) is 18.7 Å². The Morgan fingerprint density at radius 2 is 1.86 bits per heavy atom. The second-order valence-electron chi connectivity index (χ2n) is 7.39. The van der Waals surface area contributed by atoms with E-state index in [0.29, 0.717) is 23.9 Å². The lowest BCUT2D eigenvalue weighted by Gasteiger charge is -2.16. The van der Waals surface area contributed by atoms with E-state index in [1.54, 1.807) is 13.0 Å². The SMILES string of the molecule is Cc1nc(NCc2ccc3c(c2)OCO3)cc(C(=O)NC2CCCCCC2)n1. The van der Waals surface area contributed by atoms with Gasteiger partial charge in [0.2, 0.25) is 6.79 Å². The molecule has 0 unspecified atom stereocenters. The Bertz CT molecular complexity index is 848. The topological polar surface area (TPSA) is 85.4 Å². The predicted octanol–water partition coefficient (Wildman–Crippen LogP) is 3.58. The largest absolute Gasteiger partial charge is 0.454 e. The molecule has 2 N–H and O–H groups in total. The molecule has 1 saturated carbocycles. The van der Waals surface area contributed by atoms with Gasteiger partial charge in [0.1, 0.15) is 17.3 Å². The van der Waals surface area contributed by atoms with E-state index in [-0.39, 0.29) is 18.7 Å². The first-order valence-corrected chi connectivity index (χ1v) is 9.96. The molecular weight excluding hydrogens is 356 g/mol. The monoisotopic (exact) mass is 382 g/mol. The summed E-state index contributed by atoms with van der Waals surface area (Å²) in [6.07, 6.45) is 6.96. The Hall–Kier alpha value is -2.83. The van der Waals surface area contributed by atoms with Gasteiger partial charge in [0.25, 0.3) is 5.91 Å². The quantitative estimate of drug-likeness (QED) is 0.769. The number of aryl methyl sites for hydroxylation is 1. The number of fused-ring (bicyclic) bond motifs is 1. The van der Waals surface area contributed by atoms with Gasteiger partial charge in [-0.15, -0.1) is 0 Å². The van der Waals surface area contributed by atoms with Crippen LogP contribution in [0.1, 0.15) is 60.4 Å². The van der Waals surface area contributed by atoms with Crippen molar-refractivity contribution < 1.29 is 14.3 Å². The fourth-order valence-corrected chi connectivity index (χ4v) is 3.70. The highest BCUT2D eigenvalue weighted by atomic mass is 16.7. The number of nitrogens with one attached hydrogen (secondary N) is 2. The molecular formula is C21H26N4O3. The molecule has 1 aliphatic carbocycles. The van der Waals surface area contributed by atoms with Crippen LogP contribution in [-0.4, -0.2) is 28.7 Å². The zero-order valence-electron chi connectivity index (χ0n) is 16.2. The Kier molecular flexibility index (Phi) is 5.60. The zero-order valence-corrected chi connectivity index (χ0v) is 16.2. The number of carbonyl (C=O) groups is 1. The van der Waals surface area contributed by atoms with Gasteiger partial charge < -0.3 is 20.1 Å². The number of ether oxygens (including phenoxy) is 2. The van der Waals surface area contributed by atoms with Gasteiger partial charge in [-0.3, -0.25) is 4.79 Å². The fourth-order valence-electron chi connectivity index (χ4n) is 3.70. The van der Waals surface area contributed by atoms with Crippen molar-refractivity contribution in [2.24, 2.45) is 0 Å². The van der Waals surface area contributed by atoms with Crippen LogP contribution in [0.25, 0.3) is 0 Å². The lowest BCUT2D eigenvalue weighted by Crippen LogP contribution is -2.35. The minimum Gasteiger partial charge on any atom is -0.454 e. The number of hydrogen-bond donors (Lipinski definition) is 2. The van der Waals surface area contributed by atoms with Crippen LogP contribution < -0.4 is 20.1 Å². The standard InChI is InChI=1S/C21H26N4O3/c1-14-23-17(21(26)25-16-6-4-2-3-5-7-16)11-20(24-14)22-12-15-8-9-18-19(10-15)28-13-27-18/h8-11,16H,2-7,12-13H2,1H3,(H,25,26)(H,22,23,24). The minimum atomic E-state index is -0.122. The van der Waals surface area contributed by atoms with Gasteiger partial charge in [-0.05, 0) is 37.5 Å². The summed E-state index contributed by atoms with van der Waals surface area (Å²) in [6.45, 7) is 2.63. The first kappa shape index (κ1) is 18.5. The van der Waals surface area contributed by atoms with Crippen LogP contribution in [0.15, 0.2) is 24.3 Å². The van der Waals surface area contributed by atoms with Crippen LogP contribution in [-0.2, 0) is 6.54 Å². The number of nitrogens with zero attached hydrogens (tertiary/aromatic N) is 2. The Morgan fingerprint density at radius 1 is 1.07 bits per heavy atom. The summed E-state index contributed by atoms with van der Waals surface area (Å²) < 4.78 is 10.7. The summed E-state index contributed by atoms with van der Waals surface area (Å²) in [6, 6.07) is 7.79. The van der Waals surface area contributed by atoms with Crippen LogP contribution in [0.2, 0.25) is 0 Å². The van der Waals surface area contributed by atoms with Crippen LogP contribution in [0.4, 0.5) is 5.82 Å². The van der Waals surface area contributed by atoms with Crippen molar-refractivity contribution in [1.82, 2.24) is 15.3 Å². The molecule has 1 aromatic carbocycles. The van der Waals surface area contributed by atoms with Gasteiger partial charge in [-0.25, -0.2) is 9.97 Å². The predicted molar refractivity (Wildman–Crippen MR) is 106 cm³/mol. The van der Waals surface area contributed by atoms with E-state index < -0.39 is 0 Å². The van der Waals surface area contributed by atoms with E-state index >= 15 is 0 Å². The van der Waals surface area contributed by atoms with Crippen molar-refractivity contribution >= 4 is 11.7 Å². The maximum absolute atomic E-state index is 12.7. The molecule has 7 nitrogen and oxygen atoms in total. The highest BCUT2D eigenvalue weighted by Crippen LogP contribution is 2.32. The first-order valence-electron chi connectivity index (χ1n) is 9.96. The molecule has 2 aliphatic rings. The normalized spacial score (nSPS) is 16.5. The molecule has 2 aromatic rings. The summed E-state index contributed by atoms with van der Waals surface area (Å²) >= 11 is 0. The minimum absolute atomic E-state index is 0.122. The molecule has 28 heavy (non-hydrogen) atoms. The number of anilines is 1. The van der Waals surface area contributed by atoms with Crippen LogP contribution in [0.5, 0.6) is 11.5 Å². The summed E-state index contributed by atoms with van der Waals surface area (Å²) in [5.74, 6) is 2.60. The average Bonchev–Trinajstić information content (AvgIpc) is 3.01. The third-order valence-electron chi connectivity index (χ3n) is 5.17. The van der Waals surface area contributed by atoms with Crippen molar-refractivity contribution in [1.29, 1.82) is 0 Å². The molecule has 1 aliphatic heterocycles. The van der Waals surface area contributed by atoms with E-state index in [2.05, 4.69) is 20.6 Å². The molecule has 0 radical (unpaired) electrons. The Balaban J connectivity index is 1.40. The highest BCUT2D eigenvalue weighted by molar-refractivity contribution is 5.93. The molecule has 1 fully saturated rings. The van der Waals surface area contributed by atoms with Gasteiger partial charge in [-0.2, -0.15) is 0 Å². The van der Waals surface area contributed by atoms with Crippen molar-refractivity contribution in [3.8, 4) is 11.5 Å². The maximum Gasteiger partial charge on any atom is 0.270 e. The van der Waals surface area contributed by atoms with E-state index in [1.165, 1.54) is 25.7 Å².